The van der Waals surface area contributed by atoms with Gasteiger partial charge in [-0.1, -0.05) is 6.08 Å². The smallest absolute Gasteiger partial charge is 0.248 e. The first-order valence-corrected chi connectivity index (χ1v) is 5.39. The fourth-order valence-corrected chi connectivity index (χ4v) is 1.84. The third kappa shape index (κ3) is 4.96. The van der Waals surface area contributed by atoms with Crippen molar-refractivity contribution in [2.24, 2.45) is 5.92 Å². The number of amides is 1. The number of likely N-dealkylation sites (tertiary alicyclic amines) is 1. The number of hydrogen-bond acceptors (Lipinski definition) is 3. The molecule has 0 aromatic carbocycles. The van der Waals surface area contributed by atoms with Gasteiger partial charge in [-0.25, -0.2) is 0 Å². The number of carbonyl (C=O) groups excluding carboxylic acids is 1. The van der Waals surface area contributed by atoms with Gasteiger partial charge in [-0.15, -0.1) is 19.0 Å². The topological polar surface area (TPSA) is 41.6 Å². The van der Waals surface area contributed by atoms with Gasteiger partial charge in [-0.05, 0) is 25.9 Å². The van der Waals surface area contributed by atoms with Crippen LogP contribution < -0.4 is 5.32 Å². The number of nitrogens with one attached hydrogen (secondary N) is 1. The normalized spacial score (nSPS) is 19.3. The van der Waals surface area contributed by atoms with Crippen molar-refractivity contribution in [2.75, 3.05) is 39.9 Å². The monoisotopic (exact) mass is 248 g/mol. The predicted octanol–water partition coefficient (Wildman–Crippen LogP) is 0.679. The van der Waals surface area contributed by atoms with Crippen LogP contribution in [0.1, 0.15) is 6.42 Å². The fourth-order valence-electron chi connectivity index (χ4n) is 1.84. The summed E-state index contributed by atoms with van der Waals surface area (Å²) in [7, 11) is 1.94. The molecule has 1 fully saturated rings. The van der Waals surface area contributed by atoms with E-state index in [1.165, 1.54) is 0 Å². The summed E-state index contributed by atoms with van der Waals surface area (Å²) in [5.41, 5.74) is 0. The van der Waals surface area contributed by atoms with Gasteiger partial charge in [0.05, 0.1) is 6.61 Å². The molecular formula is C11H21ClN2O2. The highest BCUT2D eigenvalue weighted by Gasteiger charge is 2.25. The number of carbonyl (C=O) groups is 1. The summed E-state index contributed by atoms with van der Waals surface area (Å²) in [5, 5.41) is 3.14. The van der Waals surface area contributed by atoms with E-state index in [4.69, 9.17) is 4.74 Å². The molecule has 0 aromatic heterocycles. The molecule has 1 saturated heterocycles. The molecule has 0 aliphatic carbocycles. The molecule has 0 spiro atoms. The van der Waals surface area contributed by atoms with Gasteiger partial charge in [0.1, 0.15) is 6.61 Å². The zero-order chi connectivity index (χ0) is 11.1. The van der Waals surface area contributed by atoms with Crippen molar-refractivity contribution in [1.82, 2.24) is 10.2 Å². The lowest BCUT2D eigenvalue weighted by atomic mass is 10.1. The van der Waals surface area contributed by atoms with Crippen LogP contribution in [0.25, 0.3) is 0 Å². The van der Waals surface area contributed by atoms with E-state index in [1.807, 2.05) is 11.9 Å². The van der Waals surface area contributed by atoms with Crippen molar-refractivity contribution in [3.63, 3.8) is 0 Å². The van der Waals surface area contributed by atoms with E-state index in [1.54, 1.807) is 6.08 Å². The van der Waals surface area contributed by atoms with E-state index in [0.29, 0.717) is 12.5 Å². The van der Waals surface area contributed by atoms with Crippen LogP contribution >= 0.6 is 12.4 Å². The van der Waals surface area contributed by atoms with E-state index < -0.39 is 0 Å². The number of ether oxygens (including phenoxy) is 1. The maximum absolute atomic E-state index is 11.6. The Morgan fingerprint density at radius 1 is 1.69 bits per heavy atom. The minimum atomic E-state index is 0. The highest BCUT2D eigenvalue weighted by Crippen LogP contribution is 2.15. The van der Waals surface area contributed by atoms with Crippen LogP contribution in [0.15, 0.2) is 12.7 Å². The number of hydrogen-bond donors (Lipinski definition) is 1. The molecule has 1 N–H and O–H groups in total. The highest BCUT2D eigenvalue weighted by atomic mass is 35.5. The van der Waals surface area contributed by atoms with Gasteiger partial charge in [-0.3, -0.25) is 4.79 Å². The number of halogens is 1. The maximum Gasteiger partial charge on any atom is 0.248 e. The van der Waals surface area contributed by atoms with Gasteiger partial charge >= 0.3 is 0 Å². The van der Waals surface area contributed by atoms with Crippen LogP contribution in [-0.2, 0) is 9.53 Å². The summed E-state index contributed by atoms with van der Waals surface area (Å²) in [6.07, 6.45) is 2.75. The molecule has 1 atom stereocenters. The fraction of sp³-hybridized carbons (Fsp3) is 0.727. The first kappa shape index (κ1) is 15.4. The van der Waals surface area contributed by atoms with Gasteiger partial charge in [0.2, 0.25) is 5.91 Å². The van der Waals surface area contributed by atoms with Crippen molar-refractivity contribution in [3.8, 4) is 0 Å². The van der Waals surface area contributed by atoms with Crippen molar-refractivity contribution >= 4 is 18.3 Å². The van der Waals surface area contributed by atoms with Crippen molar-refractivity contribution in [3.05, 3.63) is 12.7 Å². The molecule has 0 radical (unpaired) electrons. The molecule has 0 bridgehead atoms. The SMILES string of the molecule is C=CCOCC(=O)N1CCC(CNC)C1.Cl. The number of nitrogens with zero attached hydrogens (tertiary/aromatic N) is 1. The lowest BCUT2D eigenvalue weighted by molar-refractivity contribution is -0.134. The average molecular weight is 249 g/mol. The quantitative estimate of drug-likeness (QED) is 0.555. The van der Waals surface area contributed by atoms with Gasteiger partial charge in [-0.2, -0.15) is 0 Å². The molecule has 94 valence electrons. The summed E-state index contributed by atoms with van der Waals surface area (Å²) in [6, 6.07) is 0. The molecule has 1 aliphatic rings. The molecular weight excluding hydrogens is 228 g/mol. The summed E-state index contributed by atoms with van der Waals surface area (Å²) >= 11 is 0. The zero-order valence-electron chi connectivity index (χ0n) is 9.78. The first-order chi connectivity index (χ1) is 7.27. The van der Waals surface area contributed by atoms with Gasteiger partial charge in [0, 0.05) is 13.1 Å². The van der Waals surface area contributed by atoms with Crippen LogP contribution in [0.4, 0.5) is 0 Å². The third-order valence-electron chi connectivity index (χ3n) is 2.59. The van der Waals surface area contributed by atoms with E-state index in [-0.39, 0.29) is 24.9 Å². The second-order valence-corrected chi connectivity index (χ2v) is 3.86. The van der Waals surface area contributed by atoms with Gasteiger partial charge < -0.3 is 15.0 Å². The Bertz CT molecular complexity index is 224. The van der Waals surface area contributed by atoms with Gasteiger partial charge in [0.25, 0.3) is 0 Å². The molecule has 1 unspecified atom stereocenters. The third-order valence-corrected chi connectivity index (χ3v) is 2.59. The lowest BCUT2D eigenvalue weighted by Gasteiger charge is -2.16. The standard InChI is InChI=1S/C11H20N2O2.ClH/c1-3-6-15-9-11(14)13-5-4-10(8-13)7-12-2;/h3,10,12H,1,4-9H2,2H3;1H. The van der Waals surface area contributed by atoms with Crippen LogP contribution in [0.2, 0.25) is 0 Å². The Morgan fingerprint density at radius 3 is 3.06 bits per heavy atom. The van der Waals surface area contributed by atoms with E-state index in [2.05, 4.69) is 11.9 Å². The molecule has 1 rings (SSSR count). The Labute approximate surface area is 103 Å². The van der Waals surface area contributed by atoms with Crippen molar-refractivity contribution < 1.29 is 9.53 Å². The highest BCUT2D eigenvalue weighted by molar-refractivity contribution is 5.85. The van der Waals surface area contributed by atoms with Crippen molar-refractivity contribution in [1.29, 1.82) is 0 Å². The number of rotatable bonds is 6. The summed E-state index contributed by atoms with van der Waals surface area (Å²) in [5.74, 6) is 0.689. The second-order valence-electron chi connectivity index (χ2n) is 3.86. The van der Waals surface area contributed by atoms with Crippen LogP contribution in [0.5, 0.6) is 0 Å². The Hall–Kier alpha value is -0.580. The molecule has 5 heteroatoms. The molecule has 1 heterocycles. The molecule has 1 amide bonds. The molecule has 1 aliphatic heterocycles. The van der Waals surface area contributed by atoms with E-state index >= 15 is 0 Å². The van der Waals surface area contributed by atoms with Crippen LogP contribution in [-0.4, -0.2) is 50.7 Å². The largest absolute Gasteiger partial charge is 0.368 e. The minimum Gasteiger partial charge on any atom is -0.368 e. The van der Waals surface area contributed by atoms with Crippen molar-refractivity contribution in [2.45, 2.75) is 6.42 Å². The average Bonchev–Trinajstić information content (AvgIpc) is 2.67. The van der Waals surface area contributed by atoms with Crippen LogP contribution in [0, 0.1) is 5.92 Å². The summed E-state index contributed by atoms with van der Waals surface area (Å²) < 4.78 is 5.13. The lowest BCUT2D eigenvalue weighted by Crippen LogP contribution is -2.33. The molecule has 16 heavy (non-hydrogen) atoms. The van der Waals surface area contributed by atoms with Crippen LogP contribution in [0.3, 0.4) is 0 Å². The van der Waals surface area contributed by atoms with E-state index in [9.17, 15) is 4.79 Å². The molecule has 0 aromatic rings. The Morgan fingerprint density at radius 2 is 2.44 bits per heavy atom. The minimum absolute atomic E-state index is 0. The second kappa shape index (κ2) is 8.56. The Kier molecular flexibility index (Phi) is 8.25. The molecule has 0 saturated carbocycles. The maximum atomic E-state index is 11.6. The molecule has 4 nitrogen and oxygen atoms in total. The predicted molar refractivity (Wildman–Crippen MR) is 66.9 cm³/mol. The van der Waals surface area contributed by atoms with Gasteiger partial charge in [0.15, 0.2) is 0 Å². The first-order valence-electron chi connectivity index (χ1n) is 5.39. The Balaban J connectivity index is 0.00000225. The summed E-state index contributed by atoms with van der Waals surface area (Å²) in [6.45, 7) is 6.86. The van der Waals surface area contributed by atoms with E-state index in [0.717, 1.165) is 26.1 Å². The zero-order valence-corrected chi connectivity index (χ0v) is 10.6. The summed E-state index contributed by atoms with van der Waals surface area (Å²) in [4.78, 5) is 13.5.